The first-order valence-electron chi connectivity index (χ1n) is 8.13. The fourth-order valence-corrected chi connectivity index (χ4v) is 4.71. The number of benzene rings is 2. The summed E-state index contributed by atoms with van der Waals surface area (Å²) in [6.07, 6.45) is 1.06. The topological polar surface area (TPSA) is 41.1 Å². The Kier molecular flexibility index (Phi) is 5.49. The molecule has 2 atom stereocenters. The van der Waals surface area contributed by atoms with Gasteiger partial charge in [-0.05, 0) is 35.7 Å². The summed E-state index contributed by atoms with van der Waals surface area (Å²) in [6.45, 7) is 1.62. The number of hydrogen-bond donors (Lipinski definition) is 2. The molecule has 0 saturated carbocycles. The van der Waals surface area contributed by atoms with Gasteiger partial charge >= 0.3 is 0 Å². The van der Waals surface area contributed by atoms with E-state index in [0.29, 0.717) is 6.54 Å². The van der Waals surface area contributed by atoms with Crippen molar-refractivity contribution in [3.63, 3.8) is 0 Å². The fourth-order valence-electron chi connectivity index (χ4n) is 3.48. The van der Waals surface area contributed by atoms with Crippen molar-refractivity contribution in [2.24, 2.45) is 0 Å². The lowest BCUT2D eigenvalue weighted by molar-refractivity contribution is -0.122. The highest BCUT2D eigenvalue weighted by molar-refractivity contribution is 7.99. The lowest BCUT2D eigenvalue weighted by Crippen LogP contribution is -2.40. The summed E-state index contributed by atoms with van der Waals surface area (Å²) in [5.74, 6) is 0.974. The van der Waals surface area contributed by atoms with Crippen LogP contribution in [0.2, 0.25) is 0 Å². The number of amides is 1. The average Bonchev–Trinajstić information content (AvgIpc) is 3.04. The summed E-state index contributed by atoms with van der Waals surface area (Å²) in [5, 5.41) is 6.68. The predicted octanol–water partition coefficient (Wildman–Crippen LogP) is 3.30. The number of carbonyl (C=O) groups is 1. The molecule has 2 aliphatic rings. The van der Waals surface area contributed by atoms with Gasteiger partial charge in [-0.15, -0.1) is 24.2 Å². The summed E-state index contributed by atoms with van der Waals surface area (Å²) in [4.78, 5) is 13.9. The molecule has 3 nitrogen and oxygen atoms in total. The van der Waals surface area contributed by atoms with E-state index in [4.69, 9.17) is 0 Å². The molecule has 4 rings (SSSR count). The minimum absolute atomic E-state index is 0. The number of nitrogens with one attached hydrogen (secondary N) is 2. The number of carbonyl (C=O) groups excluding carboxylic acids is 1. The van der Waals surface area contributed by atoms with E-state index in [1.54, 1.807) is 11.8 Å². The van der Waals surface area contributed by atoms with Gasteiger partial charge in [-0.2, -0.15) is 0 Å². The molecular weight excluding hydrogens is 340 g/mol. The maximum absolute atomic E-state index is 12.6. The molecule has 0 spiro atoms. The predicted molar refractivity (Wildman–Crippen MR) is 101 cm³/mol. The average molecular weight is 361 g/mol. The Labute approximate surface area is 153 Å². The van der Waals surface area contributed by atoms with Gasteiger partial charge in [0.25, 0.3) is 0 Å². The van der Waals surface area contributed by atoms with E-state index in [-0.39, 0.29) is 30.3 Å². The number of thioether (sulfide) groups is 1. The van der Waals surface area contributed by atoms with Crippen LogP contribution in [0.4, 0.5) is 0 Å². The minimum atomic E-state index is -0.0185. The summed E-state index contributed by atoms with van der Waals surface area (Å²) < 4.78 is 0. The molecule has 2 unspecified atom stereocenters. The summed E-state index contributed by atoms with van der Waals surface area (Å²) in [5.41, 5.74) is 3.89. The zero-order valence-electron chi connectivity index (χ0n) is 13.3. The molecule has 2 N–H and O–H groups in total. The molecule has 126 valence electrons. The minimum Gasteiger partial charge on any atom is -0.354 e. The third-order valence-electron chi connectivity index (χ3n) is 4.71. The van der Waals surface area contributed by atoms with Crippen LogP contribution in [0.5, 0.6) is 0 Å². The molecule has 0 aromatic heterocycles. The first-order chi connectivity index (χ1) is 11.3. The maximum Gasteiger partial charge on any atom is 0.228 e. The third kappa shape index (κ3) is 3.32. The van der Waals surface area contributed by atoms with Gasteiger partial charge in [0.2, 0.25) is 5.91 Å². The van der Waals surface area contributed by atoms with E-state index in [1.165, 1.54) is 21.6 Å². The summed E-state index contributed by atoms with van der Waals surface area (Å²) in [7, 11) is 0. The first kappa shape index (κ1) is 17.3. The molecule has 1 amide bonds. The SMILES string of the molecule is Cl.O=C(NCC1NCCc2ccccc21)C1CSc2ccccc21. The van der Waals surface area contributed by atoms with Gasteiger partial charge in [-0.1, -0.05) is 42.5 Å². The Bertz CT molecular complexity index is 737. The second-order valence-corrected chi connectivity index (χ2v) is 7.16. The largest absolute Gasteiger partial charge is 0.354 e. The van der Waals surface area contributed by atoms with Crippen LogP contribution in [0.15, 0.2) is 53.4 Å². The highest BCUT2D eigenvalue weighted by atomic mass is 35.5. The monoisotopic (exact) mass is 360 g/mol. The fraction of sp³-hybridized carbons (Fsp3) is 0.316. The van der Waals surface area contributed by atoms with E-state index in [9.17, 15) is 4.79 Å². The van der Waals surface area contributed by atoms with Crippen LogP contribution in [0.1, 0.15) is 28.7 Å². The molecule has 2 heterocycles. The van der Waals surface area contributed by atoms with Crippen LogP contribution in [-0.2, 0) is 11.2 Å². The second-order valence-electron chi connectivity index (χ2n) is 6.10. The van der Waals surface area contributed by atoms with Gasteiger partial charge in [0.05, 0.1) is 5.92 Å². The van der Waals surface area contributed by atoms with Crippen LogP contribution < -0.4 is 10.6 Å². The van der Waals surface area contributed by atoms with E-state index < -0.39 is 0 Å². The molecule has 0 saturated heterocycles. The maximum atomic E-state index is 12.6. The van der Waals surface area contributed by atoms with Crippen LogP contribution in [-0.4, -0.2) is 24.7 Å². The molecule has 0 aliphatic carbocycles. The van der Waals surface area contributed by atoms with Crippen molar-refractivity contribution >= 4 is 30.1 Å². The molecule has 2 aromatic carbocycles. The van der Waals surface area contributed by atoms with Gasteiger partial charge in [0.15, 0.2) is 0 Å². The zero-order chi connectivity index (χ0) is 15.6. The van der Waals surface area contributed by atoms with Gasteiger partial charge in [-0.3, -0.25) is 4.79 Å². The van der Waals surface area contributed by atoms with Crippen molar-refractivity contribution in [2.75, 3.05) is 18.8 Å². The molecule has 0 bridgehead atoms. The first-order valence-corrected chi connectivity index (χ1v) is 9.12. The Balaban J connectivity index is 0.00000169. The molecule has 2 aromatic rings. The van der Waals surface area contributed by atoms with E-state index >= 15 is 0 Å². The molecule has 0 fully saturated rings. The van der Waals surface area contributed by atoms with Crippen molar-refractivity contribution < 1.29 is 4.79 Å². The highest BCUT2D eigenvalue weighted by Gasteiger charge is 2.29. The number of rotatable bonds is 3. The lowest BCUT2D eigenvalue weighted by Gasteiger charge is -2.27. The molecule has 2 aliphatic heterocycles. The van der Waals surface area contributed by atoms with Gasteiger partial charge in [-0.25, -0.2) is 0 Å². The standard InChI is InChI=1S/C19H20N2OS.ClH/c22-19(16-12-23-18-8-4-3-7-15(16)18)21-11-17-14-6-2-1-5-13(14)9-10-20-17;/h1-8,16-17,20H,9-12H2,(H,21,22);1H. The zero-order valence-corrected chi connectivity index (χ0v) is 15.0. The smallest absolute Gasteiger partial charge is 0.228 e. The molecular formula is C19H21ClN2OS. The molecule has 5 heteroatoms. The quantitative estimate of drug-likeness (QED) is 0.882. The van der Waals surface area contributed by atoms with Crippen molar-refractivity contribution in [3.8, 4) is 0 Å². The summed E-state index contributed by atoms with van der Waals surface area (Å²) in [6, 6.07) is 17.0. The highest BCUT2D eigenvalue weighted by Crippen LogP contribution is 2.39. The molecule has 24 heavy (non-hydrogen) atoms. The number of hydrogen-bond acceptors (Lipinski definition) is 3. The van der Waals surface area contributed by atoms with Crippen LogP contribution >= 0.6 is 24.2 Å². The normalized spacial score (nSPS) is 21.3. The van der Waals surface area contributed by atoms with Gasteiger partial charge in [0.1, 0.15) is 0 Å². The Morgan fingerprint density at radius 2 is 1.88 bits per heavy atom. The van der Waals surface area contributed by atoms with E-state index in [1.807, 2.05) is 12.1 Å². The Morgan fingerprint density at radius 1 is 1.12 bits per heavy atom. The van der Waals surface area contributed by atoms with Crippen LogP contribution in [0.25, 0.3) is 0 Å². The van der Waals surface area contributed by atoms with Crippen LogP contribution in [0.3, 0.4) is 0 Å². The van der Waals surface area contributed by atoms with E-state index in [2.05, 4.69) is 47.0 Å². The Hall–Kier alpha value is -1.49. The van der Waals surface area contributed by atoms with E-state index in [0.717, 1.165) is 18.7 Å². The van der Waals surface area contributed by atoms with Crippen molar-refractivity contribution in [2.45, 2.75) is 23.3 Å². The second kappa shape index (κ2) is 7.60. The Morgan fingerprint density at radius 3 is 2.75 bits per heavy atom. The summed E-state index contributed by atoms with van der Waals surface area (Å²) >= 11 is 1.78. The molecule has 0 radical (unpaired) electrons. The number of fused-ring (bicyclic) bond motifs is 2. The van der Waals surface area contributed by atoms with Crippen LogP contribution in [0, 0.1) is 0 Å². The lowest BCUT2D eigenvalue weighted by atomic mass is 9.94. The number of halogens is 1. The van der Waals surface area contributed by atoms with Crippen molar-refractivity contribution in [3.05, 3.63) is 65.2 Å². The van der Waals surface area contributed by atoms with Crippen molar-refractivity contribution in [1.82, 2.24) is 10.6 Å². The van der Waals surface area contributed by atoms with Gasteiger partial charge < -0.3 is 10.6 Å². The third-order valence-corrected chi connectivity index (χ3v) is 5.90. The van der Waals surface area contributed by atoms with Gasteiger partial charge in [0, 0.05) is 23.2 Å². The van der Waals surface area contributed by atoms with Crippen molar-refractivity contribution in [1.29, 1.82) is 0 Å².